The maximum Gasteiger partial charge on any atom is 0.311 e. The van der Waals surface area contributed by atoms with Gasteiger partial charge >= 0.3 is 5.97 Å². The number of nitrogens with zero attached hydrogens (tertiary/aromatic N) is 2. The quantitative estimate of drug-likeness (QED) is 0.0464. The van der Waals surface area contributed by atoms with E-state index in [1.807, 2.05) is 32.9 Å². The Morgan fingerprint density at radius 2 is 0.851 bits per heavy atom. The molecule has 0 saturated carbocycles. The lowest BCUT2D eigenvalue weighted by Crippen LogP contribution is -2.47. The number of hydrogen-bond acceptors (Lipinski definition) is 24. The highest BCUT2D eigenvalue weighted by atomic mass is 16.6. The number of amides is 5. The van der Waals surface area contributed by atoms with Crippen molar-refractivity contribution in [2.75, 3.05) is 250 Å². The zero-order valence-corrected chi connectivity index (χ0v) is 57.9. The van der Waals surface area contributed by atoms with E-state index in [4.69, 9.17) is 80.5 Å². The molecule has 0 unspecified atom stereocenters. The van der Waals surface area contributed by atoms with Gasteiger partial charge in [0.05, 0.1) is 197 Å². The van der Waals surface area contributed by atoms with Crippen molar-refractivity contribution < 1.29 is 114 Å². The van der Waals surface area contributed by atoms with Gasteiger partial charge in [-0.05, 0) is 82.7 Å². The van der Waals surface area contributed by atoms with E-state index < -0.39 is 54.1 Å². The second-order valence-corrected chi connectivity index (χ2v) is 21.9. The summed E-state index contributed by atoms with van der Waals surface area (Å²) in [6.45, 7) is 27.2. The molecule has 1 heterocycles. The Bertz CT molecular complexity index is 2040. The summed E-state index contributed by atoms with van der Waals surface area (Å²) in [4.78, 5) is 78.2. The first kappa shape index (κ1) is 87.3. The number of nitrogens with one attached hydrogen (secondary N) is 3. The molecule has 0 aromatic heterocycles. The van der Waals surface area contributed by atoms with Crippen LogP contribution in [0.2, 0.25) is 0 Å². The Morgan fingerprint density at radius 3 is 1.21 bits per heavy atom. The van der Waals surface area contributed by atoms with E-state index in [9.17, 15) is 28.8 Å². The van der Waals surface area contributed by atoms with Gasteiger partial charge in [0, 0.05) is 62.6 Å². The summed E-state index contributed by atoms with van der Waals surface area (Å²) < 4.78 is 93.9. The lowest BCUT2D eigenvalue weighted by atomic mass is 9.91. The number of rotatable bonds is 65. The average molecular weight is 1350 g/mol. The van der Waals surface area contributed by atoms with Crippen LogP contribution in [-0.2, 0) is 122 Å². The van der Waals surface area contributed by atoms with E-state index >= 15 is 0 Å². The Morgan fingerprint density at radius 1 is 0.500 bits per heavy atom. The fourth-order valence-corrected chi connectivity index (χ4v) is 7.87. The molecule has 0 fully saturated rings. The van der Waals surface area contributed by atoms with Crippen LogP contribution in [0.4, 0.5) is 5.69 Å². The van der Waals surface area contributed by atoms with Crippen molar-refractivity contribution in [2.24, 2.45) is 5.41 Å². The number of imide groups is 1. The van der Waals surface area contributed by atoms with Crippen LogP contribution in [0.15, 0.2) is 30.4 Å². The van der Waals surface area contributed by atoms with Crippen LogP contribution < -0.4 is 16.0 Å². The highest BCUT2D eigenvalue weighted by Crippen LogP contribution is 2.24. The van der Waals surface area contributed by atoms with Gasteiger partial charge in [-0.2, -0.15) is 0 Å². The van der Waals surface area contributed by atoms with Gasteiger partial charge in [0.15, 0.2) is 0 Å². The molecule has 550 valence electrons. The highest BCUT2D eigenvalue weighted by Gasteiger charge is 2.28. The molecular formula is C66H123N5O23. The molecule has 0 saturated heterocycles. The minimum atomic E-state index is -0.999. The second-order valence-electron chi connectivity index (χ2n) is 21.9. The molecule has 28 heteroatoms. The van der Waals surface area contributed by atoms with Crippen LogP contribution in [0.5, 0.6) is 0 Å². The zero-order chi connectivity index (χ0) is 68.8. The molecule has 1 aliphatic rings. The van der Waals surface area contributed by atoms with Gasteiger partial charge in [-0.15, -0.1) is 0 Å². The summed E-state index contributed by atoms with van der Waals surface area (Å²) in [7, 11) is 3.27. The van der Waals surface area contributed by atoms with Crippen molar-refractivity contribution in [3.8, 4) is 0 Å². The molecule has 5 amide bonds. The van der Waals surface area contributed by atoms with Gasteiger partial charge in [0.1, 0.15) is 19.2 Å². The molecule has 1 aromatic carbocycles. The predicted molar refractivity (Wildman–Crippen MR) is 357 cm³/mol. The van der Waals surface area contributed by atoms with E-state index in [0.29, 0.717) is 217 Å². The number of hydrogen-bond donors (Lipinski definition) is 3. The SMILES string of the molecule is CCC.CCC(C)(C)C(=O)OCc1ccc(NC(=O)[C@H](C)NC(=O)CNC(=O)CN2C(=O)C=CC2=O)cc1CCCN(CCCOCCOCCOCCOCCOCCOCCOCCOC)CCCOCCOCCOCCOCCOCCOCCOCCOC.[HH].[HH].[HH]. The summed E-state index contributed by atoms with van der Waals surface area (Å²) >= 11 is 0. The third kappa shape index (κ3) is 49.8. The lowest BCUT2D eigenvalue weighted by molar-refractivity contribution is -0.155. The maximum absolute atomic E-state index is 13.4. The van der Waals surface area contributed by atoms with E-state index in [1.165, 1.54) is 13.3 Å². The van der Waals surface area contributed by atoms with Crippen LogP contribution >= 0.6 is 0 Å². The molecule has 1 aromatic rings. The van der Waals surface area contributed by atoms with E-state index in [0.717, 1.165) is 67.1 Å². The molecule has 28 nitrogen and oxygen atoms in total. The maximum atomic E-state index is 13.4. The molecule has 0 spiro atoms. The summed E-state index contributed by atoms with van der Waals surface area (Å²) in [6.07, 6.45) is 6.85. The smallest absolute Gasteiger partial charge is 0.311 e. The third-order valence-electron chi connectivity index (χ3n) is 13.5. The number of methoxy groups -OCH3 is 2. The Hall–Kier alpha value is -4.70. The molecule has 0 bridgehead atoms. The van der Waals surface area contributed by atoms with Crippen molar-refractivity contribution in [3.63, 3.8) is 0 Å². The number of esters is 1. The molecule has 94 heavy (non-hydrogen) atoms. The molecule has 1 aliphatic heterocycles. The fourth-order valence-electron chi connectivity index (χ4n) is 7.87. The number of carbonyl (C=O) groups excluding carboxylic acids is 6. The van der Waals surface area contributed by atoms with Crippen molar-refractivity contribution >= 4 is 41.2 Å². The number of carbonyl (C=O) groups is 6. The topological polar surface area (TPSA) is 302 Å². The minimum Gasteiger partial charge on any atom is -0.460 e. The van der Waals surface area contributed by atoms with Gasteiger partial charge in [-0.1, -0.05) is 33.3 Å². The number of ether oxygens (including phenoxy) is 17. The number of anilines is 1. The van der Waals surface area contributed by atoms with Crippen molar-refractivity contribution in [2.45, 2.75) is 92.7 Å². The first-order valence-corrected chi connectivity index (χ1v) is 33.2. The largest absolute Gasteiger partial charge is 0.460 e. The molecule has 2 rings (SSSR count). The zero-order valence-electron chi connectivity index (χ0n) is 57.9. The van der Waals surface area contributed by atoms with Crippen molar-refractivity contribution in [3.05, 3.63) is 41.5 Å². The van der Waals surface area contributed by atoms with Gasteiger partial charge in [-0.3, -0.25) is 33.7 Å². The standard InChI is InChI=1S/C63H109N5O23.C3H8.3H2/c1-7-63(3,4)62(74)91-52-55-12-13-56(66-61(73)53(2)65-57(69)50-64-58(70)51-68-59(71)14-15-60(68)72)49-54(55)11-8-16-67(17-9-19-77-25-27-81-33-35-85-41-43-89-47-45-87-39-37-83-31-29-79-23-21-75-5)18-10-20-78-26-28-82-34-36-86-42-44-90-48-46-88-40-38-84-32-30-80-24-22-76-6;1-3-2;;;/h12-15,49,53H,7-11,16-48,50-52H2,1-6H3,(H,64,70)(H,65,69)(H,66,73);3H2,1-2H3;3*1H/t53-;;;;/m0..../s1. The molecule has 1 atom stereocenters. The molecular weight excluding hydrogens is 1230 g/mol. The monoisotopic (exact) mass is 1350 g/mol. The Labute approximate surface area is 563 Å². The van der Waals surface area contributed by atoms with Crippen LogP contribution in [-0.4, -0.2) is 296 Å². The fraction of sp³-hybridized carbons (Fsp3) is 0.788. The summed E-state index contributed by atoms with van der Waals surface area (Å²) in [5, 5.41) is 7.77. The lowest BCUT2D eigenvalue weighted by Gasteiger charge is -2.23. The van der Waals surface area contributed by atoms with Crippen LogP contribution in [0.3, 0.4) is 0 Å². The summed E-state index contributed by atoms with van der Waals surface area (Å²) in [5.41, 5.74) is 1.47. The van der Waals surface area contributed by atoms with E-state index in [-0.39, 0.29) is 16.9 Å². The van der Waals surface area contributed by atoms with Crippen LogP contribution in [0.1, 0.15) is 89.1 Å². The van der Waals surface area contributed by atoms with Crippen molar-refractivity contribution in [1.29, 1.82) is 0 Å². The second kappa shape index (κ2) is 61.9. The third-order valence-corrected chi connectivity index (χ3v) is 13.5. The average Bonchev–Trinajstić information content (AvgIpc) is 1.22. The number of benzene rings is 1. The van der Waals surface area contributed by atoms with E-state index in [1.54, 1.807) is 20.3 Å². The van der Waals surface area contributed by atoms with Gasteiger partial charge in [-0.25, -0.2) is 0 Å². The van der Waals surface area contributed by atoms with Gasteiger partial charge < -0.3 is 101 Å². The predicted octanol–water partition coefficient (Wildman–Crippen LogP) is 4.34. The number of aryl methyl sites for hydroxylation is 1. The highest BCUT2D eigenvalue weighted by molar-refractivity contribution is 6.14. The minimum absolute atomic E-state index is 0. The normalized spacial score (nSPS) is 12.6. The first-order valence-electron chi connectivity index (χ1n) is 33.2. The van der Waals surface area contributed by atoms with Crippen LogP contribution in [0.25, 0.3) is 0 Å². The molecule has 0 radical (unpaired) electrons. The Balaban J connectivity index is -0.0000144. The Kier molecular flexibility index (Phi) is 57.5. The van der Waals surface area contributed by atoms with Gasteiger partial charge in [0.2, 0.25) is 17.7 Å². The molecule has 0 aliphatic carbocycles. The van der Waals surface area contributed by atoms with Crippen molar-refractivity contribution in [1.82, 2.24) is 20.4 Å². The van der Waals surface area contributed by atoms with Crippen LogP contribution in [0, 0.1) is 5.41 Å². The van der Waals surface area contributed by atoms with Gasteiger partial charge in [0.25, 0.3) is 11.8 Å². The molecule has 3 N–H and O–H groups in total. The first-order chi connectivity index (χ1) is 45.7. The summed E-state index contributed by atoms with van der Waals surface area (Å²) in [5.74, 6) is -3.45. The summed E-state index contributed by atoms with van der Waals surface area (Å²) in [6, 6.07) is 4.38. The van der Waals surface area contributed by atoms with E-state index in [2.05, 4.69) is 34.7 Å².